The van der Waals surface area contributed by atoms with E-state index in [1.54, 1.807) is 6.07 Å². The number of aromatic amines is 1. The Labute approximate surface area is 102 Å². The Morgan fingerprint density at radius 3 is 2.35 bits per heavy atom. The molecule has 0 spiro atoms. The third kappa shape index (κ3) is 2.12. The van der Waals surface area contributed by atoms with Crippen molar-refractivity contribution in [2.24, 2.45) is 0 Å². The highest BCUT2D eigenvalue weighted by molar-refractivity contribution is 5.82. The van der Waals surface area contributed by atoms with Gasteiger partial charge in [0, 0.05) is 17.1 Å². The van der Waals surface area contributed by atoms with Crippen molar-refractivity contribution < 1.29 is 0 Å². The largest absolute Gasteiger partial charge is 0.358 e. The molecule has 0 fully saturated rings. The predicted molar refractivity (Wildman–Crippen MR) is 72.7 cm³/mol. The minimum Gasteiger partial charge on any atom is -0.358 e. The van der Waals surface area contributed by atoms with Crippen LogP contribution in [0.3, 0.4) is 0 Å². The first-order valence-corrected chi connectivity index (χ1v) is 6.16. The van der Waals surface area contributed by atoms with Crippen molar-refractivity contribution in [2.75, 3.05) is 0 Å². The summed E-state index contributed by atoms with van der Waals surface area (Å²) >= 11 is 0. The number of pyridine rings is 1. The summed E-state index contributed by atoms with van der Waals surface area (Å²) in [5.74, 6) is 0.754. The van der Waals surface area contributed by atoms with Crippen LogP contribution in [0.4, 0.5) is 0 Å². The number of H-pyrrole nitrogens is 1. The lowest BCUT2D eigenvalue weighted by molar-refractivity contribution is 0.822. The second-order valence-corrected chi connectivity index (χ2v) is 5.17. The molecular weight excluding hydrogens is 210 g/mol. The predicted octanol–water partition coefficient (Wildman–Crippen LogP) is 3.77. The lowest BCUT2D eigenvalue weighted by Gasteiger charge is -2.12. The van der Waals surface area contributed by atoms with E-state index >= 15 is 0 Å². The summed E-state index contributed by atoms with van der Waals surface area (Å²) in [6.45, 7) is 8.48. The number of rotatable bonds is 2. The first-order chi connectivity index (χ1) is 8.00. The van der Waals surface area contributed by atoms with Gasteiger partial charge in [-0.25, -0.2) is 0 Å². The first-order valence-electron chi connectivity index (χ1n) is 6.16. The highest BCUT2D eigenvalue weighted by Gasteiger charge is 2.10. The number of fused-ring (bicyclic) bond motifs is 1. The fourth-order valence-electron chi connectivity index (χ4n) is 2.11. The minimum absolute atomic E-state index is 0.116. The molecule has 2 heteroatoms. The SMILES string of the molecule is CC(C)c1cc(=O)c2cccc(C(C)C)c2[nH]1. The average Bonchev–Trinajstić information content (AvgIpc) is 2.27. The van der Waals surface area contributed by atoms with Gasteiger partial charge in [0.25, 0.3) is 0 Å². The van der Waals surface area contributed by atoms with Gasteiger partial charge in [-0.1, -0.05) is 39.8 Å². The molecule has 1 N–H and O–H groups in total. The number of nitrogens with one attached hydrogen (secondary N) is 1. The van der Waals surface area contributed by atoms with Crippen LogP contribution in [-0.2, 0) is 0 Å². The van der Waals surface area contributed by atoms with Gasteiger partial charge in [-0.15, -0.1) is 0 Å². The van der Waals surface area contributed by atoms with Crippen LogP contribution >= 0.6 is 0 Å². The van der Waals surface area contributed by atoms with Gasteiger partial charge >= 0.3 is 0 Å². The Bertz CT molecular complexity index is 593. The third-order valence-corrected chi connectivity index (χ3v) is 3.16. The molecule has 1 heterocycles. The van der Waals surface area contributed by atoms with E-state index < -0.39 is 0 Å². The Balaban J connectivity index is 2.83. The van der Waals surface area contributed by atoms with Gasteiger partial charge in [0.2, 0.25) is 0 Å². The van der Waals surface area contributed by atoms with Crippen molar-refractivity contribution in [3.63, 3.8) is 0 Å². The second-order valence-electron chi connectivity index (χ2n) is 5.17. The van der Waals surface area contributed by atoms with E-state index in [4.69, 9.17) is 0 Å². The molecule has 0 atom stereocenters. The maximum atomic E-state index is 12.1. The maximum Gasteiger partial charge on any atom is 0.189 e. The van der Waals surface area contributed by atoms with Gasteiger partial charge in [0.15, 0.2) is 5.43 Å². The van der Waals surface area contributed by atoms with Gasteiger partial charge in [-0.05, 0) is 23.5 Å². The van der Waals surface area contributed by atoms with E-state index in [9.17, 15) is 4.79 Å². The fraction of sp³-hybridized carbons (Fsp3) is 0.400. The minimum atomic E-state index is 0.116. The number of hydrogen-bond acceptors (Lipinski definition) is 1. The lowest BCUT2D eigenvalue weighted by Crippen LogP contribution is -2.08. The molecule has 0 amide bonds. The smallest absolute Gasteiger partial charge is 0.189 e. The zero-order valence-electron chi connectivity index (χ0n) is 10.9. The normalized spacial score (nSPS) is 11.6. The molecule has 1 aromatic heterocycles. The summed E-state index contributed by atoms with van der Waals surface area (Å²) in [7, 11) is 0. The molecule has 90 valence electrons. The van der Waals surface area contributed by atoms with Gasteiger partial charge in [-0.3, -0.25) is 4.79 Å². The van der Waals surface area contributed by atoms with Crippen molar-refractivity contribution in [3.05, 3.63) is 45.7 Å². The highest BCUT2D eigenvalue weighted by Crippen LogP contribution is 2.23. The zero-order chi connectivity index (χ0) is 12.6. The number of hydrogen-bond donors (Lipinski definition) is 1. The van der Waals surface area contributed by atoms with Crippen molar-refractivity contribution >= 4 is 10.9 Å². The van der Waals surface area contributed by atoms with Gasteiger partial charge in [-0.2, -0.15) is 0 Å². The topological polar surface area (TPSA) is 32.9 Å². The molecule has 0 radical (unpaired) electrons. The Kier molecular flexibility index (Phi) is 3.05. The van der Waals surface area contributed by atoms with Gasteiger partial charge in [0.1, 0.15) is 0 Å². The summed E-state index contributed by atoms with van der Waals surface area (Å²) in [6, 6.07) is 7.66. The van der Waals surface area contributed by atoms with E-state index in [1.807, 2.05) is 12.1 Å². The van der Waals surface area contributed by atoms with E-state index in [2.05, 4.69) is 38.7 Å². The van der Waals surface area contributed by atoms with E-state index in [-0.39, 0.29) is 5.43 Å². The number of para-hydroxylation sites is 1. The molecule has 0 aliphatic heterocycles. The summed E-state index contributed by atoms with van der Waals surface area (Å²) in [5, 5.41) is 0.792. The third-order valence-electron chi connectivity index (χ3n) is 3.16. The van der Waals surface area contributed by atoms with Crippen molar-refractivity contribution in [1.29, 1.82) is 0 Å². The summed E-state index contributed by atoms with van der Waals surface area (Å²) in [4.78, 5) is 15.5. The molecule has 17 heavy (non-hydrogen) atoms. The second kappa shape index (κ2) is 4.36. The van der Waals surface area contributed by atoms with Gasteiger partial charge < -0.3 is 4.98 Å². The molecular formula is C15H19NO. The first kappa shape index (κ1) is 11.9. The van der Waals surface area contributed by atoms with Crippen LogP contribution < -0.4 is 5.43 Å². The Hall–Kier alpha value is -1.57. The molecule has 0 unspecified atom stereocenters. The van der Waals surface area contributed by atoms with Crippen LogP contribution in [0.15, 0.2) is 29.1 Å². The standard InChI is InChI=1S/C15H19NO/c1-9(2)11-6-5-7-12-14(17)8-13(10(3)4)16-15(11)12/h5-10H,1-4H3,(H,16,17). The van der Waals surface area contributed by atoms with E-state index in [1.165, 1.54) is 5.56 Å². The summed E-state index contributed by atoms with van der Waals surface area (Å²) < 4.78 is 0. The molecule has 1 aromatic carbocycles. The average molecular weight is 229 g/mol. The molecule has 0 saturated heterocycles. The monoisotopic (exact) mass is 229 g/mol. The Morgan fingerprint density at radius 2 is 1.76 bits per heavy atom. The number of aromatic nitrogens is 1. The van der Waals surface area contributed by atoms with E-state index in [0.717, 1.165) is 16.6 Å². The summed E-state index contributed by atoms with van der Waals surface area (Å²) in [6.07, 6.45) is 0. The highest BCUT2D eigenvalue weighted by atomic mass is 16.1. The fourth-order valence-corrected chi connectivity index (χ4v) is 2.11. The van der Waals surface area contributed by atoms with Crippen LogP contribution in [0.2, 0.25) is 0 Å². The van der Waals surface area contributed by atoms with Crippen LogP contribution in [0, 0.1) is 0 Å². The molecule has 2 rings (SSSR count). The molecule has 0 saturated carbocycles. The zero-order valence-corrected chi connectivity index (χ0v) is 10.9. The molecule has 0 aliphatic rings. The van der Waals surface area contributed by atoms with Crippen LogP contribution in [0.25, 0.3) is 10.9 Å². The summed E-state index contributed by atoms with van der Waals surface area (Å²) in [5.41, 5.74) is 3.33. The maximum absolute atomic E-state index is 12.1. The lowest BCUT2D eigenvalue weighted by atomic mass is 9.98. The molecule has 0 aliphatic carbocycles. The van der Waals surface area contributed by atoms with Crippen LogP contribution in [0.1, 0.15) is 50.8 Å². The molecule has 2 nitrogen and oxygen atoms in total. The molecule has 0 bridgehead atoms. The number of benzene rings is 1. The van der Waals surface area contributed by atoms with Crippen molar-refractivity contribution in [1.82, 2.24) is 4.98 Å². The Morgan fingerprint density at radius 1 is 1.06 bits per heavy atom. The van der Waals surface area contributed by atoms with Crippen LogP contribution in [-0.4, -0.2) is 4.98 Å². The van der Waals surface area contributed by atoms with E-state index in [0.29, 0.717) is 11.8 Å². The van der Waals surface area contributed by atoms with Crippen molar-refractivity contribution in [3.8, 4) is 0 Å². The molecule has 2 aromatic rings. The van der Waals surface area contributed by atoms with Gasteiger partial charge in [0.05, 0.1) is 5.52 Å². The van der Waals surface area contributed by atoms with Crippen molar-refractivity contribution in [2.45, 2.75) is 39.5 Å². The van der Waals surface area contributed by atoms with Crippen LogP contribution in [0.5, 0.6) is 0 Å². The quantitative estimate of drug-likeness (QED) is 0.835.